The predicted octanol–water partition coefficient (Wildman–Crippen LogP) is 1.36. The summed E-state index contributed by atoms with van der Waals surface area (Å²) < 4.78 is 26.5. The summed E-state index contributed by atoms with van der Waals surface area (Å²) in [6, 6.07) is 12.6. The number of sulfonamides is 1. The van der Waals surface area contributed by atoms with Crippen LogP contribution in [0.15, 0.2) is 53.4 Å². The van der Waals surface area contributed by atoms with Crippen molar-refractivity contribution >= 4 is 27.7 Å². The van der Waals surface area contributed by atoms with E-state index in [0.29, 0.717) is 18.7 Å². The van der Waals surface area contributed by atoms with Gasteiger partial charge in [0.15, 0.2) is 0 Å². The molecule has 1 aliphatic heterocycles. The molecule has 1 fully saturated rings. The second-order valence-corrected chi connectivity index (χ2v) is 9.45. The lowest BCUT2D eigenvalue weighted by Crippen LogP contribution is -2.42. The quantitative estimate of drug-likeness (QED) is 0.541. The van der Waals surface area contributed by atoms with Crippen LogP contribution in [0.2, 0.25) is 0 Å². The Morgan fingerprint density at radius 2 is 1.59 bits per heavy atom. The Morgan fingerprint density at radius 3 is 2.25 bits per heavy atom. The molecule has 3 amide bonds. The molecule has 0 radical (unpaired) electrons. The highest BCUT2D eigenvalue weighted by atomic mass is 32.2. The zero-order chi connectivity index (χ0) is 23.1. The van der Waals surface area contributed by atoms with Crippen molar-refractivity contribution in [1.29, 1.82) is 0 Å². The van der Waals surface area contributed by atoms with Gasteiger partial charge in [-0.2, -0.15) is 4.31 Å². The Hall–Kier alpha value is -3.24. The van der Waals surface area contributed by atoms with Crippen molar-refractivity contribution in [1.82, 2.24) is 20.5 Å². The summed E-state index contributed by atoms with van der Waals surface area (Å²) in [6.07, 6.45) is 1.66. The number of hydrogen-bond acceptors (Lipinski definition) is 5. The number of carbonyl (C=O) groups excluding carboxylic acids is 3. The molecule has 0 unspecified atom stereocenters. The molecule has 0 bridgehead atoms. The molecule has 9 nitrogen and oxygen atoms in total. The van der Waals surface area contributed by atoms with Crippen LogP contribution in [-0.2, 0) is 14.8 Å². The average Bonchev–Trinajstić information content (AvgIpc) is 3.33. The number of hydrazine groups is 1. The molecule has 1 heterocycles. The van der Waals surface area contributed by atoms with Gasteiger partial charge in [-0.15, -0.1) is 0 Å². The first-order chi connectivity index (χ1) is 15.3. The Bertz CT molecular complexity index is 1090. The average molecular weight is 459 g/mol. The van der Waals surface area contributed by atoms with Crippen molar-refractivity contribution < 1.29 is 22.8 Å². The van der Waals surface area contributed by atoms with E-state index in [4.69, 9.17) is 0 Å². The summed E-state index contributed by atoms with van der Waals surface area (Å²) >= 11 is 0. The van der Waals surface area contributed by atoms with Gasteiger partial charge in [-0.1, -0.05) is 17.7 Å². The first-order valence-corrected chi connectivity index (χ1v) is 11.8. The summed E-state index contributed by atoms with van der Waals surface area (Å²) in [7, 11) is -3.55. The fourth-order valence-electron chi connectivity index (χ4n) is 3.29. The first-order valence-electron chi connectivity index (χ1n) is 10.3. The molecule has 0 aliphatic carbocycles. The van der Waals surface area contributed by atoms with Gasteiger partial charge in [0.05, 0.1) is 4.90 Å². The molecule has 1 aliphatic rings. The lowest BCUT2D eigenvalue weighted by Gasteiger charge is -2.15. The SMILES string of the molecule is Cc1cccc(C(=O)NCCC(=O)NNC(=O)c2ccc(S(=O)(=O)N3CCCC3)cc2)c1. The second kappa shape index (κ2) is 10.4. The number of carbonyl (C=O) groups is 3. The molecule has 1 saturated heterocycles. The number of nitrogens with one attached hydrogen (secondary N) is 3. The van der Waals surface area contributed by atoms with Crippen molar-refractivity contribution in [2.45, 2.75) is 31.1 Å². The molecule has 2 aromatic rings. The normalized spacial score (nSPS) is 14.0. The maximum Gasteiger partial charge on any atom is 0.269 e. The molecule has 2 aromatic carbocycles. The Kier molecular flexibility index (Phi) is 7.60. The lowest BCUT2D eigenvalue weighted by atomic mass is 10.1. The van der Waals surface area contributed by atoms with E-state index in [1.807, 2.05) is 13.0 Å². The van der Waals surface area contributed by atoms with Crippen LogP contribution in [0.4, 0.5) is 0 Å². The van der Waals surface area contributed by atoms with Gasteiger partial charge in [0.1, 0.15) is 0 Å². The molecule has 3 rings (SSSR count). The van der Waals surface area contributed by atoms with Crippen LogP contribution in [0, 0.1) is 6.92 Å². The van der Waals surface area contributed by atoms with E-state index in [0.717, 1.165) is 18.4 Å². The third kappa shape index (κ3) is 5.92. The molecular formula is C22H26N4O5S. The van der Waals surface area contributed by atoms with Gasteiger partial charge in [0, 0.05) is 37.2 Å². The van der Waals surface area contributed by atoms with Crippen molar-refractivity contribution in [3.8, 4) is 0 Å². The van der Waals surface area contributed by atoms with Crippen LogP contribution in [-0.4, -0.2) is 50.1 Å². The van der Waals surface area contributed by atoms with Crippen molar-refractivity contribution in [3.63, 3.8) is 0 Å². The van der Waals surface area contributed by atoms with Crippen LogP contribution >= 0.6 is 0 Å². The minimum Gasteiger partial charge on any atom is -0.352 e. The molecule has 0 atom stereocenters. The summed E-state index contributed by atoms with van der Waals surface area (Å²) in [6.45, 7) is 2.99. The van der Waals surface area contributed by atoms with Crippen molar-refractivity contribution in [2.24, 2.45) is 0 Å². The van der Waals surface area contributed by atoms with E-state index in [9.17, 15) is 22.8 Å². The topological polar surface area (TPSA) is 125 Å². The zero-order valence-corrected chi connectivity index (χ0v) is 18.6. The third-order valence-corrected chi connectivity index (χ3v) is 6.97. The maximum atomic E-state index is 12.5. The number of nitrogens with zero attached hydrogens (tertiary/aromatic N) is 1. The number of rotatable bonds is 7. The van der Waals surface area contributed by atoms with Crippen LogP contribution in [0.25, 0.3) is 0 Å². The van der Waals surface area contributed by atoms with Crippen molar-refractivity contribution in [2.75, 3.05) is 19.6 Å². The predicted molar refractivity (Wildman–Crippen MR) is 118 cm³/mol. The van der Waals surface area contributed by atoms with Gasteiger partial charge < -0.3 is 5.32 Å². The second-order valence-electron chi connectivity index (χ2n) is 7.51. The van der Waals surface area contributed by atoms with Crippen LogP contribution < -0.4 is 16.2 Å². The van der Waals surface area contributed by atoms with E-state index >= 15 is 0 Å². The minimum atomic E-state index is -3.55. The zero-order valence-electron chi connectivity index (χ0n) is 17.8. The number of benzene rings is 2. The third-order valence-electron chi connectivity index (χ3n) is 5.05. The standard InChI is InChI=1S/C22H26N4O5S/c1-16-5-4-6-18(15-16)21(28)23-12-11-20(27)24-25-22(29)17-7-9-19(10-8-17)32(30,31)26-13-2-3-14-26/h4-10,15H,2-3,11-14H2,1H3,(H,23,28)(H,24,27)(H,25,29). The first kappa shape index (κ1) is 23.4. The highest BCUT2D eigenvalue weighted by Gasteiger charge is 2.27. The monoisotopic (exact) mass is 458 g/mol. The molecular weight excluding hydrogens is 432 g/mol. The fraction of sp³-hybridized carbons (Fsp3) is 0.318. The number of hydrogen-bond donors (Lipinski definition) is 3. The van der Waals surface area contributed by atoms with Crippen molar-refractivity contribution in [3.05, 3.63) is 65.2 Å². The number of aryl methyl sites for hydroxylation is 1. The minimum absolute atomic E-state index is 0.0230. The van der Waals surface area contributed by atoms with Gasteiger partial charge in [0.2, 0.25) is 15.9 Å². The van der Waals surface area contributed by atoms with Gasteiger partial charge in [0.25, 0.3) is 11.8 Å². The van der Waals surface area contributed by atoms with Gasteiger partial charge in [-0.3, -0.25) is 25.2 Å². The molecule has 0 aromatic heterocycles. The fourth-order valence-corrected chi connectivity index (χ4v) is 4.81. The Labute approximate surface area is 187 Å². The van der Waals surface area contributed by atoms with E-state index in [1.54, 1.807) is 18.2 Å². The van der Waals surface area contributed by atoms with E-state index in [1.165, 1.54) is 28.6 Å². The molecule has 32 heavy (non-hydrogen) atoms. The van der Waals surface area contributed by atoms with Gasteiger partial charge in [-0.05, 0) is 56.2 Å². The van der Waals surface area contributed by atoms with Crippen LogP contribution in [0.5, 0.6) is 0 Å². The summed E-state index contributed by atoms with van der Waals surface area (Å²) in [5.74, 6) is -1.34. The van der Waals surface area contributed by atoms with E-state index in [-0.39, 0.29) is 29.3 Å². The molecule has 0 saturated carbocycles. The smallest absolute Gasteiger partial charge is 0.269 e. The molecule has 170 valence electrons. The highest BCUT2D eigenvalue weighted by molar-refractivity contribution is 7.89. The number of amides is 3. The molecule has 0 spiro atoms. The largest absolute Gasteiger partial charge is 0.352 e. The maximum absolute atomic E-state index is 12.5. The Balaban J connectivity index is 1.43. The Morgan fingerprint density at radius 1 is 0.906 bits per heavy atom. The van der Waals surface area contributed by atoms with E-state index in [2.05, 4.69) is 16.2 Å². The van der Waals surface area contributed by atoms with Gasteiger partial charge in [-0.25, -0.2) is 8.42 Å². The lowest BCUT2D eigenvalue weighted by molar-refractivity contribution is -0.121. The summed E-state index contributed by atoms with van der Waals surface area (Å²) in [5.41, 5.74) is 6.23. The molecule has 3 N–H and O–H groups in total. The van der Waals surface area contributed by atoms with Gasteiger partial charge >= 0.3 is 0 Å². The summed E-state index contributed by atoms with van der Waals surface area (Å²) in [5, 5.41) is 2.65. The molecule has 10 heteroatoms. The highest BCUT2D eigenvalue weighted by Crippen LogP contribution is 2.21. The van der Waals surface area contributed by atoms with Crippen LogP contribution in [0.3, 0.4) is 0 Å². The summed E-state index contributed by atoms with van der Waals surface area (Å²) in [4.78, 5) is 36.3. The van der Waals surface area contributed by atoms with Crippen LogP contribution in [0.1, 0.15) is 45.5 Å². The van der Waals surface area contributed by atoms with E-state index < -0.39 is 21.8 Å².